The number of carboxylic acids is 1. The molecule has 0 aliphatic carbocycles. The van der Waals surface area contributed by atoms with Crippen LogP contribution in [-0.4, -0.2) is 29.8 Å². The van der Waals surface area contributed by atoms with Crippen LogP contribution in [0.15, 0.2) is 16.6 Å². The maximum atomic E-state index is 12.1. The minimum Gasteiger partial charge on any atom is -0.495 e. The standard InChI is InChI=1S/C15H21BrN2O4/c1-9-7-12(22-4)11(8-10(9)16)17-14(21)18-15(2,3)6-5-13(19)20/h7-8H,5-6H2,1-4H3,(H,19,20)(H2,17,18,21). The lowest BCUT2D eigenvalue weighted by Gasteiger charge is -2.26. The molecule has 0 unspecified atom stereocenters. The van der Waals surface area contributed by atoms with Gasteiger partial charge in [-0.2, -0.15) is 0 Å². The molecule has 0 aliphatic heterocycles. The lowest BCUT2D eigenvalue weighted by molar-refractivity contribution is -0.137. The third-order valence-electron chi connectivity index (χ3n) is 3.14. The minimum atomic E-state index is -0.889. The van der Waals surface area contributed by atoms with E-state index in [2.05, 4.69) is 26.6 Å². The normalized spacial score (nSPS) is 11.0. The minimum absolute atomic E-state index is 0.00726. The summed E-state index contributed by atoms with van der Waals surface area (Å²) in [6.45, 7) is 5.47. The Hall–Kier alpha value is -1.76. The van der Waals surface area contributed by atoms with Gasteiger partial charge >= 0.3 is 12.0 Å². The Balaban J connectivity index is 2.76. The number of benzene rings is 1. The van der Waals surface area contributed by atoms with Gasteiger partial charge in [0.25, 0.3) is 0 Å². The van der Waals surface area contributed by atoms with Crippen LogP contribution in [0.2, 0.25) is 0 Å². The Morgan fingerprint density at radius 1 is 1.36 bits per heavy atom. The van der Waals surface area contributed by atoms with E-state index < -0.39 is 17.5 Å². The van der Waals surface area contributed by atoms with Crippen molar-refractivity contribution >= 4 is 33.6 Å². The first kappa shape index (κ1) is 18.3. The second kappa shape index (κ2) is 7.49. The van der Waals surface area contributed by atoms with Gasteiger partial charge < -0.3 is 20.5 Å². The molecule has 0 radical (unpaired) electrons. The van der Waals surface area contributed by atoms with Crippen molar-refractivity contribution in [2.45, 2.75) is 39.2 Å². The molecule has 1 rings (SSSR count). The summed E-state index contributed by atoms with van der Waals surface area (Å²) in [6.07, 6.45) is 0.331. The van der Waals surface area contributed by atoms with Gasteiger partial charge in [-0.25, -0.2) is 4.79 Å². The lowest BCUT2D eigenvalue weighted by Crippen LogP contribution is -2.45. The smallest absolute Gasteiger partial charge is 0.319 e. The summed E-state index contributed by atoms with van der Waals surface area (Å²) in [4.78, 5) is 22.7. The Labute approximate surface area is 138 Å². The first-order valence-electron chi connectivity index (χ1n) is 6.80. The van der Waals surface area contributed by atoms with E-state index in [0.29, 0.717) is 17.9 Å². The molecule has 0 aromatic heterocycles. The molecule has 22 heavy (non-hydrogen) atoms. The van der Waals surface area contributed by atoms with Crippen molar-refractivity contribution in [1.82, 2.24) is 5.32 Å². The monoisotopic (exact) mass is 372 g/mol. The van der Waals surface area contributed by atoms with Gasteiger partial charge in [0, 0.05) is 16.4 Å². The summed E-state index contributed by atoms with van der Waals surface area (Å²) in [5, 5.41) is 14.2. The number of methoxy groups -OCH3 is 1. The van der Waals surface area contributed by atoms with E-state index in [-0.39, 0.29) is 6.42 Å². The summed E-state index contributed by atoms with van der Waals surface area (Å²) in [6, 6.07) is 3.16. The van der Waals surface area contributed by atoms with E-state index in [1.807, 2.05) is 13.0 Å². The SMILES string of the molecule is COc1cc(C)c(Br)cc1NC(=O)NC(C)(C)CCC(=O)O. The molecule has 0 spiro atoms. The zero-order chi connectivity index (χ0) is 16.9. The predicted molar refractivity (Wildman–Crippen MR) is 88.5 cm³/mol. The number of hydrogen-bond acceptors (Lipinski definition) is 3. The van der Waals surface area contributed by atoms with Crippen LogP contribution >= 0.6 is 15.9 Å². The quantitative estimate of drug-likeness (QED) is 0.712. The first-order valence-corrected chi connectivity index (χ1v) is 7.59. The van der Waals surface area contributed by atoms with Crippen LogP contribution in [0.1, 0.15) is 32.3 Å². The number of carbonyl (C=O) groups excluding carboxylic acids is 1. The van der Waals surface area contributed by atoms with Crippen molar-refractivity contribution in [3.8, 4) is 5.75 Å². The molecule has 0 fully saturated rings. The second-order valence-electron chi connectivity index (χ2n) is 5.66. The molecule has 7 heteroatoms. The zero-order valence-electron chi connectivity index (χ0n) is 13.1. The molecule has 122 valence electrons. The summed E-state index contributed by atoms with van der Waals surface area (Å²) >= 11 is 3.41. The highest BCUT2D eigenvalue weighted by Crippen LogP contribution is 2.31. The molecule has 0 bridgehead atoms. The zero-order valence-corrected chi connectivity index (χ0v) is 14.7. The summed E-state index contributed by atoms with van der Waals surface area (Å²) in [7, 11) is 1.53. The van der Waals surface area contributed by atoms with Crippen LogP contribution in [0, 0.1) is 6.92 Å². The number of nitrogens with one attached hydrogen (secondary N) is 2. The number of halogens is 1. The summed E-state index contributed by atoms with van der Waals surface area (Å²) in [5.41, 5.74) is 0.897. The fraction of sp³-hybridized carbons (Fsp3) is 0.467. The Bertz CT molecular complexity index is 573. The fourth-order valence-electron chi connectivity index (χ4n) is 1.86. The molecule has 0 saturated heterocycles. The predicted octanol–water partition coefficient (Wildman–Crippen LogP) is 3.53. The molecule has 2 amide bonds. The Morgan fingerprint density at radius 3 is 2.55 bits per heavy atom. The van der Waals surface area contributed by atoms with Crippen LogP contribution in [0.4, 0.5) is 10.5 Å². The molecular formula is C15H21BrN2O4. The van der Waals surface area contributed by atoms with Crippen LogP contribution in [0.3, 0.4) is 0 Å². The maximum Gasteiger partial charge on any atom is 0.319 e. The van der Waals surface area contributed by atoms with E-state index in [9.17, 15) is 9.59 Å². The topological polar surface area (TPSA) is 87.7 Å². The van der Waals surface area contributed by atoms with E-state index in [1.54, 1.807) is 19.9 Å². The number of aliphatic carboxylic acids is 1. The average Bonchev–Trinajstić information content (AvgIpc) is 2.40. The number of aryl methyl sites for hydroxylation is 1. The van der Waals surface area contributed by atoms with E-state index in [4.69, 9.17) is 9.84 Å². The Kier molecular flexibility index (Phi) is 6.22. The number of ether oxygens (including phenoxy) is 1. The number of amides is 2. The molecular weight excluding hydrogens is 352 g/mol. The van der Waals surface area contributed by atoms with Crippen LogP contribution in [0.25, 0.3) is 0 Å². The molecule has 3 N–H and O–H groups in total. The lowest BCUT2D eigenvalue weighted by atomic mass is 9.99. The number of rotatable bonds is 6. The number of urea groups is 1. The van der Waals surface area contributed by atoms with Gasteiger partial charge in [-0.3, -0.25) is 4.79 Å². The molecule has 0 saturated carbocycles. The van der Waals surface area contributed by atoms with Gasteiger partial charge in [-0.1, -0.05) is 15.9 Å². The van der Waals surface area contributed by atoms with Crippen LogP contribution < -0.4 is 15.4 Å². The van der Waals surface area contributed by atoms with Gasteiger partial charge in [-0.05, 0) is 44.9 Å². The third-order valence-corrected chi connectivity index (χ3v) is 4.00. The highest BCUT2D eigenvalue weighted by atomic mass is 79.9. The molecule has 1 aromatic carbocycles. The fourth-order valence-corrected chi connectivity index (χ4v) is 2.21. The number of carboxylic acid groups (broad SMARTS) is 1. The van der Waals surface area contributed by atoms with Gasteiger partial charge in [0.15, 0.2) is 0 Å². The van der Waals surface area contributed by atoms with Crippen molar-refractivity contribution in [2.24, 2.45) is 0 Å². The molecule has 0 aliphatic rings. The molecule has 0 atom stereocenters. The van der Waals surface area contributed by atoms with Crippen molar-refractivity contribution in [3.63, 3.8) is 0 Å². The third kappa shape index (κ3) is 5.55. The van der Waals surface area contributed by atoms with E-state index in [1.165, 1.54) is 7.11 Å². The van der Waals surface area contributed by atoms with Gasteiger partial charge in [0.05, 0.1) is 12.8 Å². The summed E-state index contributed by atoms with van der Waals surface area (Å²) in [5.74, 6) is -0.335. The number of anilines is 1. The van der Waals surface area contributed by atoms with Gasteiger partial charge in [0.2, 0.25) is 0 Å². The highest BCUT2D eigenvalue weighted by Gasteiger charge is 2.22. The number of hydrogen-bond donors (Lipinski definition) is 3. The van der Waals surface area contributed by atoms with Crippen molar-refractivity contribution < 1.29 is 19.4 Å². The second-order valence-corrected chi connectivity index (χ2v) is 6.51. The van der Waals surface area contributed by atoms with E-state index in [0.717, 1.165) is 10.0 Å². The van der Waals surface area contributed by atoms with Crippen LogP contribution in [-0.2, 0) is 4.79 Å². The molecule has 0 heterocycles. The Morgan fingerprint density at radius 2 is 2.00 bits per heavy atom. The van der Waals surface area contributed by atoms with Gasteiger partial charge in [0.1, 0.15) is 5.75 Å². The highest BCUT2D eigenvalue weighted by molar-refractivity contribution is 9.10. The largest absolute Gasteiger partial charge is 0.495 e. The average molecular weight is 373 g/mol. The summed E-state index contributed by atoms with van der Waals surface area (Å²) < 4.78 is 6.11. The number of carbonyl (C=O) groups is 2. The van der Waals surface area contributed by atoms with Crippen molar-refractivity contribution in [2.75, 3.05) is 12.4 Å². The van der Waals surface area contributed by atoms with Crippen molar-refractivity contribution in [1.29, 1.82) is 0 Å². The van der Waals surface area contributed by atoms with Crippen molar-refractivity contribution in [3.05, 3.63) is 22.2 Å². The first-order chi connectivity index (χ1) is 10.1. The van der Waals surface area contributed by atoms with Crippen LogP contribution in [0.5, 0.6) is 5.75 Å². The molecule has 6 nitrogen and oxygen atoms in total. The maximum absolute atomic E-state index is 12.1. The molecule has 1 aromatic rings. The van der Waals surface area contributed by atoms with E-state index >= 15 is 0 Å². The van der Waals surface area contributed by atoms with Gasteiger partial charge in [-0.15, -0.1) is 0 Å².